The molecule has 0 saturated carbocycles. The summed E-state index contributed by atoms with van der Waals surface area (Å²) < 4.78 is 41.0. The molecule has 0 aromatic heterocycles. The Labute approximate surface area is 185 Å². The average Bonchev–Trinajstić information content (AvgIpc) is 2.80. The highest BCUT2D eigenvalue weighted by Gasteiger charge is 2.32. The van der Waals surface area contributed by atoms with Gasteiger partial charge in [-0.2, -0.15) is 0 Å². The highest BCUT2D eigenvalue weighted by Crippen LogP contribution is 2.31. The molecular weight excluding hydrogens is 413 g/mol. The van der Waals surface area contributed by atoms with E-state index in [-0.39, 0.29) is 30.1 Å². The summed E-state index contributed by atoms with van der Waals surface area (Å²) in [5.41, 5.74) is 2.22. The smallest absolute Gasteiger partial charge is 0.224 e. The van der Waals surface area contributed by atoms with Gasteiger partial charge in [0.15, 0.2) is 0 Å². The Kier molecular flexibility index (Phi) is 6.90. The van der Waals surface area contributed by atoms with Gasteiger partial charge < -0.3 is 5.32 Å². The van der Waals surface area contributed by atoms with Gasteiger partial charge in [-0.05, 0) is 41.7 Å². The quantitative estimate of drug-likeness (QED) is 0.586. The number of carbonyl (C=O) groups is 1. The highest BCUT2D eigenvalue weighted by atomic mass is 19.1. The fraction of sp³-hybridized carbons (Fsp3) is 0.269. The van der Waals surface area contributed by atoms with Crippen molar-refractivity contribution in [1.82, 2.24) is 10.2 Å². The van der Waals surface area contributed by atoms with Gasteiger partial charge in [0.25, 0.3) is 0 Å². The summed E-state index contributed by atoms with van der Waals surface area (Å²) in [6.45, 7) is 1.68. The van der Waals surface area contributed by atoms with Crippen LogP contribution in [-0.4, -0.2) is 23.9 Å². The van der Waals surface area contributed by atoms with Crippen molar-refractivity contribution in [2.75, 3.05) is 13.1 Å². The molecule has 0 spiro atoms. The highest BCUT2D eigenvalue weighted by molar-refractivity contribution is 5.79. The fourth-order valence-corrected chi connectivity index (χ4v) is 4.35. The lowest BCUT2D eigenvalue weighted by Crippen LogP contribution is -2.45. The number of likely N-dealkylation sites (tertiary alicyclic amines) is 1. The van der Waals surface area contributed by atoms with Gasteiger partial charge in [0.05, 0.1) is 5.92 Å². The van der Waals surface area contributed by atoms with Crippen molar-refractivity contribution in [1.29, 1.82) is 0 Å². The third kappa shape index (κ3) is 5.56. The van der Waals surface area contributed by atoms with Crippen LogP contribution >= 0.6 is 0 Å². The maximum absolute atomic E-state index is 14.2. The SMILES string of the molecule is O=C(NCc1cccc(F)c1)C1CC(c2ccccc2)CN(Cc2ccc(F)cc2F)C1. The van der Waals surface area contributed by atoms with Gasteiger partial charge in [0.2, 0.25) is 5.91 Å². The zero-order chi connectivity index (χ0) is 22.5. The summed E-state index contributed by atoms with van der Waals surface area (Å²) >= 11 is 0. The van der Waals surface area contributed by atoms with Gasteiger partial charge in [-0.15, -0.1) is 0 Å². The van der Waals surface area contributed by atoms with Crippen LogP contribution in [0.3, 0.4) is 0 Å². The first kappa shape index (κ1) is 22.1. The topological polar surface area (TPSA) is 32.3 Å². The van der Waals surface area contributed by atoms with Crippen molar-refractivity contribution < 1.29 is 18.0 Å². The first-order valence-corrected chi connectivity index (χ1v) is 10.7. The molecule has 1 fully saturated rings. The van der Waals surface area contributed by atoms with Crippen LogP contribution in [0, 0.1) is 23.4 Å². The fourth-order valence-electron chi connectivity index (χ4n) is 4.35. The molecule has 3 aromatic rings. The molecule has 4 rings (SSSR count). The number of hydrogen-bond acceptors (Lipinski definition) is 2. The number of hydrogen-bond donors (Lipinski definition) is 1. The normalized spacial score (nSPS) is 19.0. The van der Waals surface area contributed by atoms with Crippen LogP contribution in [0.1, 0.15) is 29.0 Å². The van der Waals surface area contributed by atoms with Crippen molar-refractivity contribution in [3.05, 3.63) is 107 Å². The maximum Gasteiger partial charge on any atom is 0.224 e. The zero-order valence-electron chi connectivity index (χ0n) is 17.6. The number of halogens is 3. The van der Waals surface area contributed by atoms with Crippen molar-refractivity contribution >= 4 is 5.91 Å². The lowest BCUT2D eigenvalue weighted by atomic mass is 9.84. The monoisotopic (exact) mass is 438 g/mol. The van der Waals surface area contributed by atoms with E-state index < -0.39 is 11.6 Å². The molecule has 1 aliphatic heterocycles. The standard InChI is InChI=1S/C26H25F3N2O/c27-23-8-4-5-18(11-23)14-30-26(32)22-12-21(19-6-2-1-3-7-19)16-31(17-22)15-20-9-10-24(28)13-25(20)29/h1-11,13,21-22H,12,14-17H2,(H,30,32). The van der Waals surface area contributed by atoms with Crippen LogP contribution in [0.4, 0.5) is 13.2 Å². The van der Waals surface area contributed by atoms with Crippen molar-refractivity contribution in [2.45, 2.75) is 25.4 Å². The summed E-state index contributed by atoms with van der Waals surface area (Å²) in [4.78, 5) is 15.0. The van der Waals surface area contributed by atoms with E-state index in [1.807, 2.05) is 35.2 Å². The molecule has 166 valence electrons. The van der Waals surface area contributed by atoms with Crippen molar-refractivity contribution in [3.63, 3.8) is 0 Å². The summed E-state index contributed by atoms with van der Waals surface area (Å²) in [7, 11) is 0. The van der Waals surface area contributed by atoms with Crippen LogP contribution in [0.5, 0.6) is 0 Å². The molecule has 1 saturated heterocycles. The second-order valence-corrected chi connectivity index (χ2v) is 8.32. The van der Waals surface area contributed by atoms with Crippen LogP contribution in [-0.2, 0) is 17.9 Å². The van der Waals surface area contributed by atoms with E-state index in [1.54, 1.807) is 12.1 Å². The van der Waals surface area contributed by atoms with E-state index in [0.29, 0.717) is 37.2 Å². The largest absolute Gasteiger partial charge is 0.352 e. The second kappa shape index (κ2) is 10.0. The number of piperidine rings is 1. The molecule has 1 heterocycles. The molecule has 0 radical (unpaired) electrons. The van der Waals surface area contributed by atoms with E-state index in [1.165, 1.54) is 24.3 Å². The first-order chi connectivity index (χ1) is 15.5. The van der Waals surface area contributed by atoms with Crippen molar-refractivity contribution in [3.8, 4) is 0 Å². The molecule has 32 heavy (non-hydrogen) atoms. The van der Waals surface area contributed by atoms with Gasteiger partial charge >= 0.3 is 0 Å². The van der Waals surface area contributed by atoms with Gasteiger partial charge in [-0.1, -0.05) is 48.5 Å². The lowest BCUT2D eigenvalue weighted by molar-refractivity contribution is -0.127. The molecule has 0 bridgehead atoms. The molecule has 1 N–H and O–H groups in total. The summed E-state index contributed by atoms with van der Waals surface area (Å²) in [6.07, 6.45) is 0.668. The Morgan fingerprint density at radius 3 is 2.44 bits per heavy atom. The minimum absolute atomic E-state index is 0.110. The van der Waals surface area contributed by atoms with E-state index in [2.05, 4.69) is 5.32 Å². The van der Waals surface area contributed by atoms with Gasteiger partial charge in [-0.25, -0.2) is 13.2 Å². The zero-order valence-corrected chi connectivity index (χ0v) is 17.6. The number of rotatable bonds is 6. The average molecular weight is 438 g/mol. The van der Waals surface area contributed by atoms with E-state index >= 15 is 0 Å². The van der Waals surface area contributed by atoms with E-state index in [4.69, 9.17) is 0 Å². The number of nitrogens with zero attached hydrogens (tertiary/aromatic N) is 1. The number of carbonyl (C=O) groups excluding carboxylic acids is 1. The van der Waals surface area contributed by atoms with Crippen LogP contribution in [0.25, 0.3) is 0 Å². The molecule has 1 amide bonds. The predicted octanol–water partition coefficient (Wildman–Crippen LogP) is 5.03. The summed E-state index contributed by atoms with van der Waals surface area (Å²) in [5.74, 6) is -1.84. The minimum atomic E-state index is -0.610. The third-order valence-electron chi connectivity index (χ3n) is 5.93. The second-order valence-electron chi connectivity index (χ2n) is 8.32. The summed E-state index contributed by atoms with van der Waals surface area (Å²) in [5, 5.41) is 2.92. The van der Waals surface area contributed by atoms with E-state index in [9.17, 15) is 18.0 Å². The van der Waals surface area contributed by atoms with Crippen LogP contribution in [0.2, 0.25) is 0 Å². The van der Waals surface area contributed by atoms with Crippen LogP contribution in [0.15, 0.2) is 72.8 Å². The Morgan fingerprint density at radius 1 is 0.906 bits per heavy atom. The Hall–Kier alpha value is -3.12. The molecule has 3 nitrogen and oxygen atoms in total. The van der Waals surface area contributed by atoms with Gasteiger partial charge in [0.1, 0.15) is 17.5 Å². The molecule has 1 aliphatic rings. The molecule has 6 heteroatoms. The number of amides is 1. The van der Waals surface area contributed by atoms with Crippen molar-refractivity contribution in [2.24, 2.45) is 5.92 Å². The number of benzene rings is 3. The van der Waals surface area contributed by atoms with Crippen LogP contribution < -0.4 is 5.32 Å². The number of nitrogens with one attached hydrogen (secondary N) is 1. The van der Waals surface area contributed by atoms with Gasteiger partial charge in [-0.3, -0.25) is 9.69 Å². The molecule has 2 unspecified atom stereocenters. The third-order valence-corrected chi connectivity index (χ3v) is 5.93. The maximum atomic E-state index is 14.2. The molecule has 0 aliphatic carbocycles. The molecule has 3 aromatic carbocycles. The summed E-state index contributed by atoms with van der Waals surface area (Å²) in [6, 6.07) is 19.7. The molecule has 2 atom stereocenters. The lowest BCUT2D eigenvalue weighted by Gasteiger charge is -2.37. The minimum Gasteiger partial charge on any atom is -0.352 e. The first-order valence-electron chi connectivity index (χ1n) is 10.7. The van der Waals surface area contributed by atoms with Gasteiger partial charge in [0, 0.05) is 37.8 Å². The predicted molar refractivity (Wildman–Crippen MR) is 117 cm³/mol. The Bertz CT molecular complexity index is 1070. The van der Waals surface area contributed by atoms with E-state index in [0.717, 1.165) is 11.6 Å². The Morgan fingerprint density at radius 2 is 1.69 bits per heavy atom. The molecular formula is C26H25F3N2O. The Balaban J connectivity index is 1.49.